The largest absolute Gasteiger partial charge is 0.462 e. The Kier molecular flexibility index (Phi) is 40.8. The molecule has 0 saturated heterocycles. The number of unbranched alkanes of at least 4 members (excludes halogenated alkanes) is 28. The van der Waals surface area contributed by atoms with Gasteiger partial charge < -0.3 is 14.2 Å². The molecule has 0 bridgehead atoms. The molecule has 0 aliphatic rings. The SMILES string of the molecule is CCCCCCCCCCCCCCCCCCCCC(=O)OC[C@@H](COC(=O)CCCCCCCCCC(C)C)OC(=O)CCCCCCCCC(C)C. The monoisotopic (exact) mass is 779 g/mol. The molecule has 0 aliphatic heterocycles. The number of hydrogen-bond acceptors (Lipinski definition) is 6. The summed E-state index contributed by atoms with van der Waals surface area (Å²) >= 11 is 0. The molecule has 55 heavy (non-hydrogen) atoms. The fourth-order valence-corrected chi connectivity index (χ4v) is 7.28. The van der Waals surface area contributed by atoms with E-state index in [1.165, 1.54) is 154 Å². The summed E-state index contributed by atoms with van der Waals surface area (Å²) in [7, 11) is 0. The number of ether oxygens (including phenoxy) is 3. The van der Waals surface area contributed by atoms with E-state index in [0.717, 1.165) is 69.6 Å². The van der Waals surface area contributed by atoms with Crippen LogP contribution in [0, 0.1) is 11.8 Å². The molecule has 0 rings (SSSR count). The molecule has 1 atom stereocenters. The van der Waals surface area contributed by atoms with Crippen molar-refractivity contribution in [3.05, 3.63) is 0 Å². The van der Waals surface area contributed by atoms with Crippen molar-refractivity contribution in [2.75, 3.05) is 13.2 Å². The smallest absolute Gasteiger partial charge is 0.306 e. The molecule has 0 spiro atoms. The van der Waals surface area contributed by atoms with Crippen molar-refractivity contribution in [3.63, 3.8) is 0 Å². The van der Waals surface area contributed by atoms with Crippen LogP contribution in [0.15, 0.2) is 0 Å². The second-order valence-electron chi connectivity index (χ2n) is 17.7. The molecule has 326 valence electrons. The summed E-state index contributed by atoms with van der Waals surface area (Å²) in [6.07, 6.45) is 41.2. The molecule has 0 N–H and O–H groups in total. The van der Waals surface area contributed by atoms with E-state index in [4.69, 9.17) is 14.2 Å². The topological polar surface area (TPSA) is 78.9 Å². The van der Waals surface area contributed by atoms with Crippen molar-refractivity contribution in [1.29, 1.82) is 0 Å². The van der Waals surface area contributed by atoms with Gasteiger partial charge in [0.05, 0.1) is 0 Å². The summed E-state index contributed by atoms with van der Waals surface area (Å²) in [6, 6.07) is 0. The van der Waals surface area contributed by atoms with Gasteiger partial charge in [-0.1, -0.05) is 227 Å². The molecule has 0 fully saturated rings. The zero-order valence-electron chi connectivity index (χ0n) is 37.6. The number of hydrogen-bond donors (Lipinski definition) is 0. The van der Waals surface area contributed by atoms with Gasteiger partial charge in [0.15, 0.2) is 6.10 Å². The fourth-order valence-electron chi connectivity index (χ4n) is 7.28. The van der Waals surface area contributed by atoms with Crippen molar-refractivity contribution in [3.8, 4) is 0 Å². The maximum absolute atomic E-state index is 12.7. The first-order valence-corrected chi connectivity index (χ1v) is 24.2. The normalized spacial score (nSPS) is 12.1. The lowest BCUT2D eigenvalue weighted by atomic mass is 10.0. The van der Waals surface area contributed by atoms with Gasteiger partial charge in [0.1, 0.15) is 13.2 Å². The fraction of sp³-hybridized carbons (Fsp3) is 0.939. The Labute approximate surface area is 342 Å². The number of carbonyl (C=O) groups is 3. The van der Waals surface area contributed by atoms with Gasteiger partial charge in [-0.3, -0.25) is 14.4 Å². The maximum atomic E-state index is 12.7. The average molecular weight is 779 g/mol. The van der Waals surface area contributed by atoms with Gasteiger partial charge in [0.25, 0.3) is 0 Å². The Bertz CT molecular complexity index is 839. The average Bonchev–Trinajstić information content (AvgIpc) is 3.15. The van der Waals surface area contributed by atoms with Crippen molar-refractivity contribution >= 4 is 17.9 Å². The summed E-state index contributed by atoms with van der Waals surface area (Å²) in [5.74, 6) is 0.678. The highest BCUT2D eigenvalue weighted by atomic mass is 16.6. The molecule has 0 aromatic heterocycles. The third-order valence-electron chi connectivity index (χ3n) is 11.0. The first-order chi connectivity index (χ1) is 26.7. The Morgan fingerprint density at radius 1 is 0.345 bits per heavy atom. The molecular formula is C49H94O6. The molecule has 0 saturated carbocycles. The summed E-state index contributed by atoms with van der Waals surface area (Å²) in [6.45, 7) is 11.2. The minimum absolute atomic E-state index is 0.0659. The van der Waals surface area contributed by atoms with Crippen LogP contribution in [0.1, 0.15) is 266 Å². The van der Waals surface area contributed by atoms with Gasteiger partial charge in [-0.15, -0.1) is 0 Å². The van der Waals surface area contributed by atoms with Gasteiger partial charge in [-0.2, -0.15) is 0 Å². The van der Waals surface area contributed by atoms with Crippen molar-refractivity contribution in [1.82, 2.24) is 0 Å². The van der Waals surface area contributed by atoms with Crippen LogP contribution in [0.25, 0.3) is 0 Å². The van der Waals surface area contributed by atoms with E-state index >= 15 is 0 Å². The minimum atomic E-state index is -0.761. The van der Waals surface area contributed by atoms with Gasteiger partial charge in [-0.05, 0) is 31.1 Å². The highest BCUT2D eigenvalue weighted by Gasteiger charge is 2.19. The van der Waals surface area contributed by atoms with E-state index in [1.54, 1.807) is 0 Å². The predicted molar refractivity (Wildman–Crippen MR) is 233 cm³/mol. The molecule has 0 aromatic rings. The molecule has 0 unspecified atom stereocenters. The number of esters is 3. The van der Waals surface area contributed by atoms with Crippen LogP contribution in [-0.2, 0) is 28.6 Å². The van der Waals surface area contributed by atoms with E-state index in [2.05, 4.69) is 34.6 Å². The number of rotatable bonds is 43. The lowest BCUT2D eigenvalue weighted by Gasteiger charge is -2.18. The standard InChI is InChI=1S/C49H94O6/c1-6-7-8-9-10-11-12-13-14-15-16-17-18-19-20-23-29-34-39-47(50)53-42-46(55-49(52)41-36-31-26-25-28-33-38-45(4)5)43-54-48(51)40-35-30-24-21-22-27-32-37-44(2)3/h44-46H,6-43H2,1-5H3/t46-/m0/s1. The molecule has 0 radical (unpaired) electrons. The summed E-state index contributed by atoms with van der Waals surface area (Å²) < 4.78 is 16.7. The Morgan fingerprint density at radius 2 is 0.600 bits per heavy atom. The lowest BCUT2D eigenvalue weighted by molar-refractivity contribution is -0.167. The van der Waals surface area contributed by atoms with E-state index in [0.29, 0.717) is 19.3 Å². The van der Waals surface area contributed by atoms with Crippen LogP contribution in [0.2, 0.25) is 0 Å². The summed E-state index contributed by atoms with van der Waals surface area (Å²) in [4.78, 5) is 37.7. The quantitative estimate of drug-likeness (QED) is 0.0348. The first kappa shape index (κ1) is 53.4. The lowest BCUT2D eigenvalue weighted by Crippen LogP contribution is -2.30. The highest BCUT2D eigenvalue weighted by molar-refractivity contribution is 5.71. The second-order valence-corrected chi connectivity index (χ2v) is 17.7. The molecule has 0 heterocycles. The van der Waals surface area contributed by atoms with E-state index in [1.807, 2.05) is 0 Å². The number of carbonyl (C=O) groups excluding carboxylic acids is 3. The van der Waals surface area contributed by atoms with Gasteiger partial charge in [-0.25, -0.2) is 0 Å². The third kappa shape index (κ3) is 43.4. The predicted octanol–water partition coefficient (Wildman–Crippen LogP) is 15.4. The minimum Gasteiger partial charge on any atom is -0.462 e. The van der Waals surface area contributed by atoms with Gasteiger partial charge in [0.2, 0.25) is 0 Å². The summed E-state index contributed by atoms with van der Waals surface area (Å²) in [5, 5.41) is 0. The zero-order valence-corrected chi connectivity index (χ0v) is 37.6. The molecule has 0 aromatic carbocycles. The Hall–Kier alpha value is -1.59. The molecular weight excluding hydrogens is 685 g/mol. The highest BCUT2D eigenvalue weighted by Crippen LogP contribution is 2.17. The van der Waals surface area contributed by atoms with Crippen LogP contribution < -0.4 is 0 Å². The van der Waals surface area contributed by atoms with Gasteiger partial charge >= 0.3 is 17.9 Å². The third-order valence-corrected chi connectivity index (χ3v) is 11.0. The van der Waals surface area contributed by atoms with E-state index < -0.39 is 6.10 Å². The second kappa shape index (κ2) is 42.0. The maximum Gasteiger partial charge on any atom is 0.306 e. The Balaban J connectivity index is 4.21. The van der Waals surface area contributed by atoms with Crippen molar-refractivity contribution in [2.24, 2.45) is 11.8 Å². The van der Waals surface area contributed by atoms with Crippen molar-refractivity contribution in [2.45, 2.75) is 272 Å². The molecule has 6 nitrogen and oxygen atoms in total. The van der Waals surface area contributed by atoms with Crippen LogP contribution >= 0.6 is 0 Å². The Morgan fingerprint density at radius 3 is 0.891 bits per heavy atom. The zero-order chi connectivity index (χ0) is 40.5. The van der Waals surface area contributed by atoms with E-state index in [-0.39, 0.29) is 31.1 Å². The first-order valence-electron chi connectivity index (χ1n) is 24.2. The van der Waals surface area contributed by atoms with Crippen LogP contribution in [-0.4, -0.2) is 37.2 Å². The molecule has 6 heteroatoms. The van der Waals surface area contributed by atoms with E-state index in [9.17, 15) is 14.4 Å². The van der Waals surface area contributed by atoms with Crippen LogP contribution in [0.4, 0.5) is 0 Å². The van der Waals surface area contributed by atoms with Crippen LogP contribution in [0.3, 0.4) is 0 Å². The van der Waals surface area contributed by atoms with Crippen LogP contribution in [0.5, 0.6) is 0 Å². The molecule has 0 aliphatic carbocycles. The van der Waals surface area contributed by atoms with Gasteiger partial charge in [0, 0.05) is 19.3 Å². The summed E-state index contributed by atoms with van der Waals surface area (Å²) in [5.41, 5.74) is 0. The van der Waals surface area contributed by atoms with Crippen molar-refractivity contribution < 1.29 is 28.6 Å². The molecule has 0 amide bonds.